The smallest absolute Gasteiger partial charge is 0.132 e. The van der Waals surface area contributed by atoms with Gasteiger partial charge in [-0.25, -0.2) is 4.98 Å². The van der Waals surface area contributed by atoms with E-state index in [1.54, 1.807) is 6.20 Å². The predicted molar refractivity (Wildman–Crippen MR) is 86.3 cm³/mol. The number of hydrogen-bond donors (Lipinski definition) is 1. The number of fused-ring (bicyclic) bond motifs is 1. The Morgan fingerprint density at radius 1 is 1.29 bits per heavy atom. The molecule has 3 nitrogen and oxygen atoms in total. The molecular formula is C17H19ClN2O. The predicted octanol–water partition coefficient (Wildman–Crippen LogP) is 4.68. The van der Waals surface area contributed by atoms with Crippen molar-refractivity contribution in [1.29, 1.82) is 0 Å². The van der Waals surface area contributed by atoms with Gasteiger partial charge >= 0.3 is 0 Å². The molecule has 0 fully saturated rings. The second kappa shape index (κ2) is 5.94. The van der Waals surface area contributed by atoms with Crippen LogP contribution in [-0.2, 0) is 0 Å². The standard InChI is InChI=1S/C17H19ClN2O/c1-11-5-3-6-14-15(7-4-8-21-16(11)14)20-13-9-12(2)17(18)19-10-13/h3,5-6,9-10,15,20H,4,7-8H2,1-2H3. The van der Waals surface area contributed by atoms with Crippen molar-refractivity contribution in [2.75, 3.05) is 11.9 Å². The van der Waals surface area contributed by atoms with Crippen LogP contribution in [0.3, 0.4) is 0 Å². The molecule has 0 saturated heterocycles. The molecule has 2 heterocycles. The summed E-state index contributed by atoms with van der Waals surface area (Å²) in [6, 6.07) is 8.60. The van der Waals surface area contributed by atoms with E-state index >= 15 is 0 Å². The third-order valence-electron chi connectivity index (χ3n) is 3.86. The van der Waals surface area contributed by atoms with Crippen LogP contribution in [-0.4, -0.2) is 11.6 Å². The first kappa shape index (κ1) is 14.2. The molecule has 1 atom stereocenters. The minimum atomic E-state index is 0.241. The Labute approximate surface area is 130 Å². The lowest BCUT2D eigenvalue weighted by Gasteiger charge is -2.20. The zero-order chi connectivity index (χ0) is 14.8. The molecule has 0 aliphatic carbocycles. The molecule has 1 unspecified atom stereocenters. The van der Waals surface area contributed by atoms with Gasteiger partial charge in [-0.2, -0.15) is 0 Å². The molecule has 1 aliphatic rings. The van der Waals surface area contributed by atoms with Crippen LogP contribution in [0.4, 0.5) is 5.69 Å². The molecule has 3 rings (SSSR count). The lowest BCUT2D eigenvalue weighted by Crippen LogP contribution is -2.11. The van der Waals surface area contributed by atoms with E-state index in [9.17, 15) is 0 Å². The maximum atomic E-state index is 5.99. The number of aryl methyl sites for hydroxylation is 2. The van der Waals surface area contributed by atoms with E-state index in [-0.39, 0.29) is 6.04 Å². The van der Waals surface area contributed by atoms with Crippen molar-refractivity contribution in [2.45, 2.75) is 32.7 Å². The molecule has 1 aromatic carbocycles. The molecule has 1 N–H and O–H groups in total. The summed E-state index contributed by atoms with van der Waals surface area (Å²) in [5, 5.41) is 4.13. The fourth-order valence-electron chi connectivity index (χ4n) is 2.75. The zero-order valence-electron chi connectivity index (χ0n) is 12.3. The van der Waals surface area contributed by atoms with Gasteiger partial charge in [-0.05, 0) is 43.9 Å². The van der Waals surface area contributed by atoms with Crippen LogP contribution in [0.25, 0.3) is 0 Å². The van der Waals surface area contributed by atoms with Crippen molar-refractivity contribution in [2.24, 2.45) is 0 Å². The second-order valence-electron chi connectivity index (χ2n) is 5.51. The van der Waals surface area contributed by atoms with Crippen molar-refractivity contribution in [1.82, 2.24) is 4.98 Å². The number of benzene rings is 1. The first-order valence-electron chi connectivity index (χ1n) is 7.26. The normalized spacial score (nSPS) is 17.6. The van der Waals surface area contributed by atoms with Gasteiger partial charge in [0.2, 0.25) is 0 Å². The highest BCUT2D eigenvalue weighted by Gasteiger charge is 2.21. The van der Waals surface area contributed by atoms with Crippen molar-refractivity contribution >= 4 is 17.3 Å². The maximum absolute atomic E-state index is 5.99. The lowest BCUT2D eigenvalue weighted by atomic mass is 9.99. The maximum Gasteiger partial charge on any atom is 0.132 e. The number of ether oxygens (including phenoxy) is 1. The zero-order valence-corrected chi connectivity index (χ0v) is 13.1. The highest BCUT2D eigenvalue weighted by atomic mass is 35.5. The molecule has 110 valence electrons. The Kier molecular flexibility index (Phi) is 4.02. The average Bonchev–Trinajstić information content (AvgIpc) is 2.67. The topological polar surface area (TPSA) is 34.1 Å². The summed E-state index contributed by atoms with van der Waals surface area (Å²) in [6.07, 6.45) is 3.86. The van der Waals surface area contributed by atoms with Gasteiger partial charge in [0.05, 0.1) is 24.5 Å². The summed E-state index contributed by atoms with van der Waals surface area (Å²) in [4.78, 5) is 4.21. The van der Waals surface area contributed by atoms with E-state index in [4.69, 9.17) is 16.3 Å². The van der Waals surface area contributed by atoms with E-state index in [0.29, 0.717) is 5.15 Å². The van der Waals surface area contributed by atoms with Crippen LogP contribution in [0.5, 0.6) is 5.75 Å². The molecule has 0 spiro atoms. The van der Waals surface area contributed by atoms with Crippen molar-refractivity contribution in [3.63, 3.8) is 0 Å². The lowest BCUT2D eigenvalue weighted by molar-refractivity contribution is 0.314. The number of nitrogens with zero attached hydrogens (tertiary/aromatic N) is 1. The van der Waals surface area contributed by atoms with Crippen LogP contribution in [0, 0.1) is 13.8 Å². The Hall–Kier alpha value is -1.74. The summed E-state index contributed by atoms with van der Waals surface area (Å²) in [5.41, 5.74) is 4.39. The van der Waals surface area contributed by atoms with Gasteiger partial charge in [0.15, 0.2) is 0 Å². The third-order valence-corrected chi connectivity index (χ3v) is 4.25. The fraction of sp³-hybridized carbons (Fsp3) is 0.353. The minimum absolute atomic E-state index is 0.241. The van der Waals surface area contributed by atoms with Crippen LogP contribution in [0.15, 0.2) is 30.5 Å². The Bertz CT molecular complexity index is 657. The molecule has 4 heteroatoms. The number of nitrogens with one attached hydrogen (secondary N) is 1. The highest BCUT2D eigenvalue weighted by Crippen LogP contribution is 2.36. The van der Waals surface area contributed by atoms with E-state index < -0.39 is 0 Å². The van der Waals surface area contributed by atoms with Crippen molar-refractivity contribution in [3.05, 3.63) is 52.3 Å². The van der Waals surface area contributed by atoms with Gasteiger partial charge < -0.3 is 10.1 Å². The first-order valence-corrected chi connectivity index (χ1v) is 7.64. The molecule has 0 amide bonds. The number of pyridine rings is 1. The largest absolute Gasteiger partial charge is 0.493 e. The molecular weight excluding hydrogens is 284 g/mol. The van der Waals surface area contributed by atoms with Gasteiger partial charge in [-0.15, -0.1) is 0 Å². The SMILES string of the molecule is Cc1cc(NC2CCCOc3c(C)cccc32)cnc1Cl. The molecule has 0 radical (unpaired) electrons. The van der Waals surface area contributed by atoms with Gasteiger partial charge in [0, 0.05) is 5.56 Å². The minimum Gasteiger partial charge on any atom is -0.493 e. The average molecular weight is 303 g/mol. The monoisotopic (exact) mass is 302 g/mol. The van der Waals surface area contributed by atoms with Gasteiger partial charge in [0.1, 0.15) is 10.9 Å². The van der Waals surface area contributed by atoms with Crippen LogP contribution in [0.2, 0.25) is 5.15 Å². The summed E-state index contributed by atoms with van der Waals surface area (Å²) < 4.78 is 5.91. The first-order chi connectivity index (χ1) is 10.1. The van der Waals surface area contributed by atoms with Gasteiger partial charge in [-0.1, -0.05) is 29.8 Å². The molecule has 1 aliphatic heterocycles. The van der Waals surface area contributed by atoms with E-state index in [1.165, 1.54) is 11.1 Å². The number of hydrogen-bond acceptors (Lipinski definition) is 3. The van der Waals surface area contributed by atoms with E-state index in [2.05, 4.69) is 35.4 Å². The summed E-state index contributed by atoms with van der Waals surface area (Å²) in [7, 11) is 0. The van der Waals surface area contributed by atoms with E-state index in [1.807, 2.05) is 13.0 Å². The summed E-state index contributed by atoms with van der Waals surface area (Å²) >= 11 is 5.99. The third kappa shape index (κ3) is 2.98. The number of aromatic nitrogens is 1. The summed E-state index contributed by atoms with van der Waals surface area (Å²) in [5.74, 6) is 1.02. The van der Waals surface area contributed by atoms with Crippen LogP contribution in [0.1, 0.15) is 35.6 Å². The fourth-order valence-corrected chi connectivity index (χ4v) is 2.86. The number of rotatable bonds is 2. The van der Waals surface area contributed by atoms with Crippen molar-refractivity contribution < 1.29 is 4.74 Å². The van der Waals surface area contributed by atoms with Gasteiger partial charge in [0.25, 0.3) is 0 Å². The number of anilines is 1. The molecule has 0 saturated carbocycles. The Balaban J connectivity index is 1.92. The Morgan fingerprint density at radius 3 is 2.95 bits per heavy atom. The number of para-hydroxylation sites is 1. The second-order valence-corrected chi connectivity index (χ2v) is 5.87. The molecule has 2 aromatic rings. The quantitative estimate of drug-likeness (QED) is 0.818. The van der Waals surface area contributed by atoms with Crippen LogP contribution >= 0.6 is 11.6 Å². The Morgan fingerprint density at radius 2 is 2.14 bits per heavy atom. The van der Waals surface area contributed by atoms with Gasteiger partial charge in [-0.3, -0.25) is 0 Å². The summed E-state index contributed by atoms with van der Waals surface area (Å²) in [6.45, 7) is 4.83. The molecule has 21 heavy (non-hydrogen) atoms. The van der Waals surface area contributed by atoms with E-state index in [0.717, 1.165) is 36.4 Å². The van der Waals surface area contributed by atoms with Crippen LogP contribution < -0.4 is 10.1 Å². The van der Waals surface area contributed by atoms with Crippen molar-refractivity contribution in [3.8, 4) is 5.75 Å². The number of halogens is 1. The molecule has 1 aromatic heterocycles. The highest BCUT2D eigenvalue weighted by molar-refractivity contribution is 6.30. The molecule has 0 bridgehead atoms.